The maximum Gasteiger partial charge on any atom is 0.319 e. The quantitative estimate of drug-likeness (QED) is 0.780. The second-order valence-electron chi connectivity index (χ2n) is 6.03. The van der Waals surface area contributed by atoms with Gasteiger partial charge in [0.05, 0.1) is 11.3 Å². The zero-order valence-electron chi connectivity index (χ0n) is 14.0. The molecule has 0 radical (unpaired) electrons. The monoisotopic (exact) mass is 333 g/mol. The van der Waals surface area contributed by atoms with Gasteiger partial charge >= 0.3 is 6.03 Å². The fraction of sp³-hybridized carbons (Fsp3) is 0.529. The molecule has 0 saturated carbocycles. The van der Waals surface area contributed by atoms with Crippen LogP contribution in [0.25, 0.3) is 0 Å². The molecule has 0 aliphatic carbocycles. The summed E-state index contributed by atoms with van der Waals surface area (Å²) >= 11 is 0. The van der Waals surface area contributed by atoms with Gasteiger partial charge in [0.25, 0.3) is 0 Å². The highest BCUT2D eigenvalue weighted by molar-refractivity contribution is 5.90. The number of carbonyl (C=O) groups is 1. The van der Waals surface area contributed by atoms with Crippen molar-refractivity contribution in [2.24, 2.45) is 0 Å². The van der Waals surface area contributed by atoms with E-state index in [1.807, 2.05) is 6.07 Å². The van der Waals surface area contributed by atoms with Crippen molar-refractivity contribution in [3.05, 3.63) is 29.6 Å². The third kappa shape index (κ3) is 5.80. The number of nitrogens with zero attached hydrogens (tertiary/aromatic N) is 3. The summed E-state index contributed by atoms with van der Waals surface area (Å²) in [5.41, 5.74) is 0.425. The maximum absolute atomic E-state index is 13.0. The van der Waals surface area contributed by atoms with Gasteiger partial charge in [0.1, 0.15) is 11.9 Å². The summed E-state index contributed by atoms with van der Waals surface area (Å²) in [5.74, 6) is -0.499. The molecule has 6 nitrogen and oxygen atoms in total. The molecule has 24 heavy (non-hydrogen) atoms. The van der Waals surface area contributed by atoms with Crippen molar-refractivity contribution < 1.29 is 9.18 Å². The van der Waals surface area contributed by atoms with E-state index in [2.05, 4.69) is 27.5 Å². The van der Waals surface area contributed by atoms with Crippen molar-refractivity contribution in [3.8, 4) is 6.07 Å². The van der Waals surface area contributed by atoms with Crippen LogP contribution in [0, 0.1) is 17.1 Å². The number of urea groups is 1. The highest BCUT2D eigenvalue weighted by Crippen LogP contribution is 2.15. The van der Waals surface area contributed by atoms with Crippen LogP contribution < -0.4 is 10.6 Å². The number of hydrogen-bond acceptors (Lipinski definition) is 4. The van der Waals surface area contributed by atoms with Gasteiger partial charge in [-0.05, 0) is 44.6 Å². The van der Waals surface area contributed by atoms with Crippen molar-refractivity contribution in [1.82, 2.24) is 15.1 Å². The van der Waals surface area contributed by atoms with Gasteiger partial charge in [-0.2, -0.15) is 5.26 Å². The Morgan fingerprint density at radius 3 is 2.75 bits per heavy atom. The first-order chi connectivity index (χ1) is 11.6. The van der Waals surface area contributed by atoms with Crippen LogP contribution in [0.5, 0.6) is 0 Å². The van der Waals surface area contributed by atoms with Gasteiger partial charge in [-0.1, -0.05) is 0 Å². The summed E-state index contributed by atoms with van der Waals surface area (Å²) in [7, 11) is 2.14. The van der Waals surface area contributed by atoms with Gasteiger partial charge in [-0.3, -0.25) is 0 Å². The van der Waals surface area contributed by atoms with E-state index >= 15 is 0 Å². The second-order valence-corrected chi connectivity index (χ2v) is 6.03. The van der Waals surface area contributed by atoms with E-state index in [0.717, 1.165) is 51.6 Å². The van der Waals surface area contributed by atoms with E-state index in [4.69, 9.17) is 5.26 Å². The molecule has 1 aromatic rings. The first-order valence-corrected chi connectivity index (χ1v) is 8.24. The molecule has 1 fully saturated rings. The average molecular weight is 333 g/mol. The zero-order valence-corrected chi connectivity index (χ0v) is 14.0. The van der Waals surface area contributed by atoms with Crippen LogP contribution in [0.4, 0.5) is 14.9 Å². The van der Waals surface area contributed by atoms with E-state index in [9.17, 15) is 9.18 Å². The fourth-order valence-corrected chi connectivity index (χ4v) is 2.62. The summed E-state index contributed by atoms with van der Waals surface area (Å²) < 4.78 is 13.0. The molecule has 2 rings (SSSR count). The second kappa shape index (κ2) is 9.21. The first kappa shape index (κ1) is 18.2. The molecular weight excluding hydrogens is 309 g/mol. The summed E-state index contributed by atoms with van der Waals surface area (Å²) in [6, 6.07) is 5.20. The highest BCUT2D eigenvalue weighted by Gasteiger charge is 2.12. The maximum atomic E-state index is 13.0. The smallest absolute Gasteiger partial charge is 0.319 e. The average Bonchev–Trinajstić information content (AvgIpc) is 2.57. The molecular formula is C17H24FN5O. The molecule has 1 saturated heterocycles. The minimum absolute atomic E-state index is 0.111. The molecule has 1 aromatic carbocycles. The van der Waals surface area contributed by atoms with Crippen molar-refractivity contribution >= 4 is 11.7 Å². The molecule has 2 N–H and O–H groups in total. The van der Waals surface area contributed by atoms with Crippen LogP contribution >= 0.6 is 0 Å². The van der Waals surface area contributed by atoms with E-state index in [1.165, 1.54) is 12.1 Å². The molecule has 1 heterocycles. The van der Waals surface area contributed by atoms with Gasteiger partial charge < -0.3 is 20.4 Å². The lowest BCUT2D eigenvalue weighted by Crippen LogP contribution is -2.44. The predicted molar refractivity (Wildman–Crippen MR) is 91.3 cm³/mol. The molecule has 0 atom stereocenters. The summed E-state index contributed by atoms with van der Waals surface area (Å²) in [5, 5.41) is 14.3. The Kier molecular flexibility index (Phi) is 6.97. The lowest BCUT2D eigenvalue weighted by Gasteiger charge is -2.32. The lowest BCUT2D eigenvalue weighted by molar-refractivity contribution is 0.152. The van der Waals surface area contributed by atoms with E-state index < -0.39 is 5.82 Å². The molecule has 130 valence electrons. The minimum atomic E-state index is -0.499. The van der Waals surface area contributed by atoms with Crippen molar-refractivity contribution in [3.63, 3.8) is 0 Å². The van der Waals surface area contributed by atoms with Gasteiger partial charge in [-0.15, -0.1) is 0 Å². The Morgan fingerprint density at radius 1 is 1.29 bits per heavy atom. The standard InChI is InChI=1S/C17H24FN5O/c1-22-8-10-23(11-9-22)7-3-2-6-20-17(24)21-16-5-4-15(18)12-14(16)13-19/h4-5,12H,2-3,6-11H2,1H3,(H2,20,21,24). The Labute approximate surface area is 142 Å². The van der Waals surface area contributed by atoms with Crippen LogP contribution in [0.1, 0.15) is 18.4 Å². The summed E-state index contributed by atoms with van der Waals surface area (Å²) in [6.07, 6.45) is 1.93. The molecule has 0 aromatic heterocycles. The normalized spacial score (nSPS) is 15.7. The Bertz CT molecular complexity index is 593. The first-order valence-electron chi connectivity index (χ1n) is 8.24. The number of hydrogen-bond donors (Lipinski definition) is 2. The third-order valence-electron chi connectivity index (χ3n) is 4.13. The van der Waals surface area contributed by atoms with Crippen molar-refractivity contribution in [1.29, 1.82) is 5.26 Å². The minimum Gasteiger partial charge on any atom is -0.338 e. The van der Waals surface area contributed by atoms with Crippen molar-refractivity contribution in [2.45, 2.75) is 12.8 Å². The number of nitriles is 1. The zero-order chi connectivity index (χ0) is 17.4. The van der Waals surface area contributed by atoms with Crippen LogP contribution in [0.3, 0.4) is 0 Å². The predicted octanol–water partition coefficient (Wildman–Crippen LogP) is 1.85. The number of unbranched alkanes of at least 4 members (excludes halogenated alkanes) is 1. The van der Waals surface area contributed by atoms with Crippen LogP contribution in [0.15, 0.2) is 18.2 Å². The molecule has 1 aliphatic rings. The number of amides is 2. The highest BCUT2D eigenvalue weighted by atomic mass is 19.1. The summed E-state index contributed by atoms with van der Waals surface area (Å²) in [4.78, 5) is 16.6. The molecule has 2 amide bonds. The topological polar surface area (TPSA) is 71.4 Å². The van der Waals surface area contributed by atoms with E-state index in [1.54, 1.807) is 0 Å². The lowest BCUT2D eigenvalue weighted by atomic mass is 10.2. The molecule has 0 spiro atoms. The fourth-order valence-electron chi connectivity index (χ4n) is 2.62. The number of halogens is 1. The third-order valence-corrected chi connectivity index (χ3v) is 4.13. The Balaban J connectivity index is 1.63. The number of carbonyl (C=O) groups excluding carboxylic acids is 1. The van der Waals surface area contributed by atoms with Gasteiger partial charge in [0.15, 0.2) is 0 Å². The van der Waals surface area contributed by atoms with E-state index in [-0.39, 0.29) is 11.6 Å². The van der Waals surface area contributed by atoms with Gasteiger partial charge in [0.2, 0.25) is 0 Å². The number of anilines is 1. The molecule has 0 bridgehead atoms. The largest absolute Gasteiger partial charge is 0.338 e. The number of rotatable bonds is 6. The van der Waals surface area contributed by atoms with Crippen molar-refractivity contribution in [2.75, 3.05) is 51.6 Å². The summed E-state index contributed by atoms with van der Waals surface area (Å²) in [6.45, 7) is 6.05. The SMILES string of the molecule is CN1CCN(CCCCNC(=O)Nc2ccc(F)cc2C#N)CC1. The van der Waals surface area contributed by atoms with Crippen LogP contribution in [-0.4, -0.2) is 62.1 Å². The number of likely N-dealkylation sites (N-methyl/N-ethyl adjacent to an activating group) is 1. The number of benzene rings is 1. The molecule has 7 heteroatoms. The van der Waals surface area contributed by atoms with Gasteiger partial charge in [0, 0.05) is 32.7 Å². The number of piperazine rings is 1. The number of nitrogens with one attached hydrogen (secondary N) is 2. The van der Waals surface area contributed by atoms with Crippen LogP contribution in [-0.2, 0) is 0 Å². The van der Waals surface area contributed by atoms with E-state index in [0.29, 0.717) is 12.2 Å². The molecule has 1 aliphatic heterocycles. The van der Waals surface area contributed by atoms with Crippen LogP contribution in [0.2, 0.25) is 0 Å². The Hall–Kier alpha value is -2.17. The van der Waals surface area contributed by atoms with Gasteiger partial charge in [-0.25, -0.2) is 9.18 Å². The molecule has 0 unspecified atom stereocenters. The Morgan fingerprint density at radius 2 is 2.04 bits per heavy atom.